The van der Waals surface area contributed by atoms with Crippen molar-refractivity contribution in [3.63, 3.8) is 0 Å². The standard InChI is InChI=1S/C17H26O3/c18-16-12-8-6-4-2-1-3-5-7-11-15-20-17(19)14-10-9-13-16/h9-10,13-14H,1-8,11-12,15H2/b13-9+,14-10+. The summed E-state index contributed by atoms with van der Waals surface area (Å²) in [5, 5.41) is 0. The minimum absolute atomic E-state index is 0.129. The van der Waals surface area contributed by atoms with E-state index in [1.54, 1.807) is 12.2 Å². The maximum atomic E-state index is 11.5. The second-order valence-electron chi connectivity index (χ2n) is 5.28. The zero-order chi connectivity index (χ0) is 14.5. The van der Waals surface area contributed by atoms with Crippen LogP contribution in [0.4, 0.5) is 0 Å². The summed E-state index contributed by atoms with van der Waals surface area (Å²) in [4.78, 5) is 22.9. The molecule has 3 heteroatoms. The summed E-state index contributed by atoms with van der Waals surface area (Å²) in [5.74, 6) is -0.202. The van der Waals surface area contributed by atoms with Crippen LogP contribution in [-0.4, -0.2) is 18.4 Å². The van der Waals surface area contributed by atoms with E-state index in [2.05, 4.69) is 0 Å². The molecule has 0 amide bonds. The normalized spacial score (nSPS) is 24.2. The summed E-state index contributed by atoms with van der Waals surface area (Å²) < 4.78 is 5.07. The van der Waals surface area contributed by atoms with Crippen LogP contribution in [-0.2, 0) is 14.3 Å². The molecule has 0 aliphatic carbocycles. The summed E-state index contributed by atoms with van der Waals surface area (Å²) in [7, 11) is 0. The number of carbonyl (C=O) groups excluding carboxylic acids is 2. The Morgan fingerprint density at radius 3 is 1.95 bits per heavy atom. The zero-order valence-electron chi connectivity index (χ0n) is 12.3. The molecule has 1 aliphatic heterocycles. The molecule has 1 rings (SSSR count). The molecule has 0 atom stereocenters. The Hall–Kier alpha value is -1.38. The largest absolute Gasteiger partial charge is 0.463 e. The van der Waals surface area contributed by atoms with Gasteiger partial charge in [-0.25, -0.2) is 4.79 Å². The van der Waals surface area contributed by atoms with E-state index >= 15 is 0 Å². The van der Waals surface area contributed by atoms with Gasteiger partial charge < -0.3 is 4.74 Å². The van der Waals surface area contributed by atoms with Crippen LogP contribution in [0.2, 0.25) is 0 Å². The summed E-state index contributed by atoms with van der Waals surface area (Å²) in [6.45, 7) is 0.492. The number of cyclic esters (lactones) is 1. The lowest BCUT2D eigenvalue weighted by molar-refractivity contribution is -0.137. The van der Waals surface area contributed by atoms with Crippen LogP contribution in [0, 0.1) is 0 Å². The molecular weight excluding hydrogens is 252 g/mol. The second kappa shape index (κ2) is 11.4. The SMILES string of the molecule is O=C1/C=C/C=C/C(=O)OCCCCCCCCCCC1. The summed E-state index contributed by atoms with van der Waals surface area (Å²) >= 11 is 0. The third-order valence-electron chi connectivity index (χ3n) is 3.44. The van der Waals surface area contributed by atoms with Gasteiger partial charge in [0.05, 0.1) is 6.61 Å². The molecule has 0 saturated carbocycles. The maximum absolute atomic E-state index is 11.5. The molecule has 0 aromatic heterocycles. The number of rotatable bonds is 0. The molecule has 0 N–H and O–H groups in total. The molecular formula is C17H26O3. The van der Waals surface area contributed by atoms with E-state index in [1.807, 2.05) is 0 Å². The molecule has 0 aromatic rings. The number of hydrogen-bond donors (Lipinski definition) is 0. The first kappa shape index (κ1) is 16.7. The van der Waals surface area contributed by atoms with Gasteiger partial charge in [0.2, 0.25) is 0 Å². The van der Waals surface area contributed by atoms with Gasteiger partial charge in [0.25, 0.3) is 0 Å². The van der Waals surface area contributed by atoms with E-state index in [-0.39, 0.29) is 11.8 Å². The van der Waals surface area contributed by atoms with Crippen molar-refractivity contribution < 1.29 is 14.3 Å². The average molecular weight is 278 g/mol. The van der Waals surface area contributed by atoms with Gasteiger partial charge >= 0.3 is 5.97 Å². The fraction of sp³-hybridized carbons (Fsp3) is 0.647. The van der Waals surface area contributed by atoms with Crippen molar-refractivity contribution in [2.45, 2.75) is 64.2 Å². The van der Waals surface area contributed by atoms with E-state index < -0.39 is 0 Å². The molecule has 0 spiro atoms. The third-order valence-corrected chi connectivity index (χ3v) is 3.44. The van der Waals surface area contributed by atoms with Crippen molar-refractivity contribution in [1.29, 1.82) is 0 Å². The molecule has 0 radical (unpaired) electrons. The lowest BCUT2D eigenvalue weighted by atomic mass is 10.1. The first-order valence-corrected chi connectivity index (χ1v) is 7.83. The number of carbonyl (C=O) groups is 2. The van der Waals surface area contributed by atoms with E-state index in [1.165, 1.54) is 44.3 Å². The molecule has 20 heavy (non-hydrogen) atoms. The van der Waals surface area contributed by atoms with Crippen LogP contribution in [0.1, 0.15) is 64.2 Å². The van der Waals surface area contributed by atoms with Gasteiger partial charge in [0.1, 0.15) is 0 Å². The fourth-order valence-electron chi connectivity index (χ4n) is 2.24. The molecule has 0 aromatic carbocycles. The van der Waals surface area contributed by atoms with Crippen molar-refractivity contribution in [3.05, 3.63) is 24.3 Å². The molecule has 3 nitrogen and oxygen atoms in total. The highest BCUT2D eigenvalue weighted by atomic mass is 16.5. The van der Waals surface area contributed by atoms with Crippen LogP contribution >= 0.6 is 0 Å². The van der Waals surface area contributed by atoms with Gasteiger partial charge in [-0.3, -0.25) is 4.79 Å². The van der Waals surface area contributed by atoms with Gasteiger partial charge in [0.15, 0.2) is 5.78 Å². The van der Waals surface area contributed by atoms with Crippen LogP contribution in [0.25, 0.3) is 0 Å². The lowest BCUT2D eigenvalue weighted by Gasteiger charge is -2.03. The average Bonchev–Trinajstić information content (AvgIpc) is 2.44. The van der Waals surface area contributed by atoms with Gasteiger partial charge in [-0.1, -0.05) is 57.1 Å². The number of ether oxygens (including phenoxy) is 1. The molecule has 0 fully saturated rings. The van der Waals surface area contributed by atoms with Crippen molar-refractivity contribution >= 4 is 11.8 Å². The van der Waals surface area contributed by atoms with E-state index in [4.69, 9.17) is 4.74 Å². The predicted octanol–water partition coefficient (Wildman–Crippen LogP) is 4.13. The Morgan fingerprint density at radius 2 is 1.25 bits per heavy atom. The smallest absolute Gasteiger partial charge is 0.330 e. The predicted molar refractivity (Wildman–Crippen MR) is 80.4 cm³/mol. The minimum atomic E-state index is -0.330. The quantitative estimate of drug-likeness (QED) is 0.626. The van der Waals surface area contributed by atoms with Crippen molar-refractivity contribution in [1.82, 2.24) is 0 Å². The molecule has 1 aliphatic rings. The summed E-state index contributed by atoms with van der Waals surface area (Å²) in [6, 6.07) is 0. The van der Waals surface area contributed by atoms with Gasteiger partial charge in [-0.05, 0) is 18.9 Å². The molecule has 0 saturated heterocycles. The maximum Gasteiger partial charge on any atom is 0.330 e. The number of allylic oxidation sites excluding steroid dienone is 3. The van der Waals surface area contributed by atoms with Crippen molar-refractivity contribution in [3.8, 4) is 0 Å². The van der Waals surface area contributed by atoms with Crippen LogP contribution < -0.4 is 0 Å². The van der Waals surface area contributed by atoms with Gasteiger partial charge in [-0.15, -0.1) is 0 Å². The fourth-order valence-corrected chi connectivity index (χ4v) is 2.24. The summed E-state index contributed by atoms with van der Waals surface area (Å²) in [6.07, 6.45) is 17.1. The van der Waals surface area contributed by atoms with E-state index in [0.29, 0.717) is 13.0 Å². The highest BCUT2D eigenvalue weighted by Gasteiger charge is 1.99. The Balaban J connectivity index is 2.36. The van der Waals surface area contributed by atoms with Crippen LogP contribution in [0.3, 0.4) is 0 Å². The Kier molecular flexibility index (Phi) is 9.54. The first-order chi connectivity index (χ1) is 9.79. The van der Waals surface area contributed by atoms with E-state index in [0.717, 1.165) is 25.7 Å². The highest BCUT2D eigenvalue weighted by Crippen LogP contribution is 2.11. The Morgan fingerprint density at radius 1 is 0.700 bits per heavy atom. The third kappa shape index (κ3) is 9.54. The van der Waals surface area contributed by atoms with Gasteiger partial charge in [-0.2, -0.15) is 0 Å². The molecule has 0 unspecified atom stereocenters. The van der Waals surface area contributed by atoms with E-state index in [9.17, 15) is 9.59 Å². The second-order valence-corrected chi connectivity index (χ2v) is 5.28. The topological polar surface area (TPSA) is 43.4 Å². The van der Waals surface area contributed by atoms with Gasteiger partial charge in [0, 0.05) is 12.5 Å². The summed E-state index contributed by atoms with van der Waals surface area (Å²) in [5.41, 5.74) is 0. The van der Waals surface area contributed by atoms with Crippen molar-refractivity contribution in [2.75, 3.05) is 6.61 Å². The zero-order valence-corrected chi connectivity index (χ0v) is 12.3. The highest BCUT2D eigenvalue weighted by molar-refractivity contribution is 5.90. The first-order valence-electron chi connectivity index (χ1n) is 7.83. The monoisotopic (exact) mass is 278 g/mol. The van der Waals surface area contributed by atoms with Crippen molar-refractivity contribution in [2.24, 2.45) is 0 Å². The molecule has 112 valence electrons. The minimum Gasteiger partial charge on any atom is -0.463 e. The Labute approximate surface area is 122 Å². The lowest BCUT2D eigenvalue weighted by Crippen LogP contribution is -2.02. The van der Waals surface area contributed by atoms with Crippen LogP contribution in [0.15, 0.2) is 24.3 Å². The Bertz CT molecular complexity index is 308. The van der Waals surface area contributed by atoms with Crippen LogP contribution in [0.5, 0.6) is 0 Å². The number of ketones is 1. The molecule has 1 heterocycles. The molecule has 0 bridgehead atoms. The number of hydrogen-bond acceptors (Lipinski definition) is 3. The number of esters is 1.